The largest absolute Gasteiger partial charge is 0.493 e. The Morgan fingerprint density at radius 2 is 1.58 bits per heavy atom. The minimum absolute atomic E-state index is 0.551. The van der Waals surface area contributed by atoms with Gasteiger partial charge < -0.3 is 24.8 Å². The van der Waals surface area contributed by atoms with Gasteiger partial charge in [0.15, 0.2) is 17.5 Å². The number of hydrogen-bond donors (Lipinski definition) is 2. The van der Waals surface area contributed by atoms with E-state index in [0.717, 1.165) is 12.1 Å². The van der Waals surface area contributed by atoms with Crippen molar-refractivity contribution in [3.63, 3.8) is 0 Å². The molecule has 0 fully saturated rings. The van der Waals surface area contributed by atoms with Crippen molar-refractivity contribution in [2.45, 2.75) is 19.6 Å². The van der Waals surface area contributed by atoms with Crippen LogP contribution in [-0.2, 0) is 19.6 Å². The summed E-state index contributed by atoms with van der Waals surface area (Å²) in [7, 11) is 6.55. The molecule has 2 aromatic carbocycles. The first-order valence-electron chi connectivity index (χ1n) is 9.95. The molecule has 0 spiro atoms. The first kappa shape index (κ1) is 22.0. The van der Waals surface area contributed by atoms with Crippen LogP contribution in [-0.4, -0.2) is 44.1 Å². The standard InChI is InChI=1S/C23H29N5O3/c1-24-23(26-15-19-12-20(29-2)22(31-4)21(13-19)30-3)25-14-17-7-5-8-18(11-17)16-28-10-6-9-27-28/h5-13H,14-16H2,1-4H3,(H2,24,25,26). The van der Waals surface area contributed by atoms with E-state index in [9.17, 15) is 0 Å². The van der Waals surface area contributed by atoms with Crippen LogP contribution < -0.4 is 24.8 Å². The zero-order chi connectivity index (χ0) is 22.1. The van der Waals surface area contributed by atoms with Gasteiger partial charge in [-0.05, 0) is 34.9 Å². The summed E-state index contributed by atoms with van der Waals surface area (Å²) >= 11 is 0. The molecule has 1 heterocycles. The number of benzene rings is 2. The van der Waals surface area contributed by atoms with Crippen LogP contribution >= 0.6 is 0 Å². The second-order valence-electron chi connectivity index (χ2n) is 6.84. The second kappa shape index (κ2) is 10.9. The van der Waals surface area contributed by atoms with Crippen molar-refractivity contribution in [2.75, 3.05) is 28.4 Å². The molecule has 1 aromatic heterocycles. The van der Waals surface area contributed by atoms with Gasteiger partial charge in [-0.15, -0.1) is 0 Å². The van der Waals surface area contributed by atoms with Gasteiger partial charge in [0, 0.05) is 32.5 Å². The fourth-order valence-corrected chi connectivity index (χ4v) is 3.25. The zero-order valence-corrected chi connectivity index (χ0v) is 18.4. The lowest BCUT2D eigenvalue weighted by Gasteiger charge is -2.16. The predicted octanol–water partition coefficient (Wildman–Crippen LogP) is 2.82. The molecule has 31 heavy (non-hydrogen) atoms. The monoisotopic (exact) mass is 423 g/mol. The minimum Gasteiger partial charge on any atom is -0.493 e. The number of guanidine groups is 1. The Balaban J connectivity index is 1.59. The van der Waals surface area contributed by atoms with Crippen molar-refractivity contribution in [2.24, 2.45) is 4.99 Å². The maximum atomic E-state index is 5.42. The number of methoxy groups -OCH3 is 3. The Morgan fingerprint density at radius 1 is 0.903 bits per heavy atom. The average Bonchev–Trinajstić information content (AvgIpc) is 3.31. The molecule has 0 atom stereocenters. The van der Waals surface area contributed by atoms with Gasteiger partial charge in [-0.25, -0.2) is 0 Å². The van der Waals surface area contributed by atoms with E-state index in [1.165, 1.54) is 11.1 Å². The highest BCUT2D eigenvalue weighted by Gasteiger charge is 2.13. The Hall–Kier alpha value is -3.68. The van der Waals surface area contributed by atoms with Crippen LogP contribution in [0.4, 0.5) is 0 Å². The van der Waals surface area contributed by atoms with Crippen LogP contribution in [0.15, 0.2) is 59.9 Å². The minimum atomic E-state index is 0.551. The van der Waals surface area contributed by atoms with Crippen molar-refractivity contribution < 1.29 is 14.2 Å². The summed E-state index contributed by atoms with van der Waals surface area (Å²) in [6.45, 7) is 1.95. The highest BCUT2D eigenvalue weighted by atomic mass is 16.5. The molecule has 164 valence electrons. The van der Waals surface area contributed by atoms with Crippen molar-refractivity contribution >= 4 is 5.96 Å². The molecule has 0 radical (unpaired) electrons. The summed E-state index contributed by atoms with van der Waals surface area (Å²) in [6.07, 6.45) is 3.74. The Labute approximate surface area is 182 Å². The first-order chi connectivity index (χ1) is 15.2. The molecule has 2 N–H and O–H groups in total. The Bertz CT molecular complexity index is 977. The van der Waals surface area contributed by atoms with E-state index >= 15 is 0 Å². The lowest BCUT2D eigenvalue weighted by molar-refractivity contribution is 0.323. The van der Waals surface area contributed by atoms with Gasteiger partial charge in [-0.1, -0.05) is 24.3 Å². The van der Waals surface area contributed by atoms with Crippen molar-refractivity contribution in [1.82, 2.24) is 20.4 Å². The van der Waals surface area contributed by atoms with Crippen LogP contribution in [0.3, 0.4) is 0 Å². The summed E-state index contributed by atoms with van der Waals surface area (Å²) in [5.41, 5.74) is 3.35. The van der Waals surface area contributed by atoms with E-state index in [-0.39, 0.29) is 0 Å². The van der Waals surface area contributed by atoms with Gasteiger partial charge in [0.2, 0.25) is 5.75 Å². The molecule has 8 nitrogen and oxygen atoms in total. The van der Waals surface area contributed by atoms with Crippen molar-refractivity contribution in [3.8, 4) is 17.2 Å². The van der Waals surface area contributed by atoms with E-state index in [0.29, 0.717) is 36.3 Å². The number of nitrogens with one attached hydrogen (secondary N) is 2. The van der Waals surface area contributed by atoms with Crippen LogP contribution in [0.2, 0.25) is 0 Å². The molecule has 3 rings (SSSR count). The van der Waals surface area contributed by atoms with Crippen molar-refractivity contribution in [3.05, 3.63) is 71.5 Å². The summed E-state index contributed by atoms with van der Waals surface area (Å²) in [4.78, 5) is 4.31. The van der Waals surface area contributed by atoms with E-state index in [2.05, 4.69) is 45.0 Å². The zero-order valence-electron chi connectivity index (χ0n) is 18.4. The Morgan fingerprint density at radius 3 is 2.16 bits per heavy atom. The van der Waals surface area contributed by atoms with Gasteiger partial charge in [0.25, 0.3) is 0 Å². The summed E-state index contributed by atoms with van der Waals surface area (Å²) in [5.74, 6) is 2.52. The summed E-state index contributed by atoms with van der Waals surface area (Å²) in [5, 5.41) is 10.9. The number of nitrogens with zero attached hydrogens (tertiary/aromatic N) is 3. The molecule has 0 aliphatic rings. The third-order valence-corrected chi connectivity index (χ3v) is 4.76. The van der Waals surface area contributed by atoms with Crippen LogP contribution in [0.5, 0.6) is 17.2 Å². The molecular weight excluding hydrogens is 394 g/mol. The number of rotatable bonds is 9. The van der Waals surface area contributed by atoms with Crippen LogP contribution in [0.25, 0.3) is 0 Å². The van der Waals surface area contributed by atoms with E-state index < -0.39 is 0 Å². The molecule has 3 aromatic rings. The molecule has 0 saturated carbocycles. The van der Waals surface area contributed by atoms with Crippen LogP contribution in [0, 0.1) is 0 Å². The predicted molar refractivity (Wildman–Crippen MR) is 121 cm³/mol. The van der Waals surface area contributed by atoms with Gasteiger partial charge >= 0.3 is 0 Å². The van der Waals surface area contributed by atoms with Gasteiger partial charge in [0.05, 0.1) is 27.9 Å². The smallest absolute Gasteiger partial charge is 0.203 e. The Kier molecular flexibility index (Phi) is 7.75. The molecule has 0 amide bonds. The lowest BCUT2D eigenvalue weighted by Crippen LogP contribution is -2.36. The fourth-order valence-electron chi connectivity index (χ4n) is 3.25. The highest BCUT2D eigenvalue weighted by Crippen LogP contribution is 2.38. The van der Waals surface area contributed by atoms with Gasteiger partial charge in [-0.3, -0.25) is 9.67 Å². The highest BCUT2D eigenvalue weighted by molar-refractivity contribution is 5.79. The first-order valence-corrected chi connectivity index (χ1v) is 9.95. The molecule has 8 heteroatoms. The number of aliphatic imine (C=N–C) groups is 1. The molecule has 0 aliphatic carbocycles. The third-order valence-electron chi connectivity index (χ3n) is 4.76. The summed E-state index contributed by atoms with van der Waals surface area (Å²) in [6, 6.07) is 14.2. The quantitative estimate of drug-likeness (QED) is 0.407. The maximum absolute atomic E-state index is 5.42. The second-order valence-corrected chi connectivity index (χ2v) is 6.84. The SMILES string of the molecule is CN=C(NCc1cccc(Cn2cccn2)c1)NCc1cc(OC)c(OC)c(OC)c1. The lowest BCUT2D eigenvalue weighted by atomic mass is 10.1. The molecule has 0 aliphatic heterocycles. The molecule has 0 bridgehead atoms. The molecule has 0 unspecified atom stereocenters. The molecule has 0 saturated heterocycles. The van der Waals surface area contributed by atoms with E-state index in [1.54, 1.807) is 34.6 Å². The van der Waals surface area contributed by atoms with E-state index in [1.807, 2.05) is 29.1 Å². The topological polar surface area (TPSA) is 81.9 Å². The van der Waals surface area contributed by atoms with Gasteiger partial charge in [0.1, 0.15) is 0 Å². The normalized spacial score (nSPS) is 11.2. The van der Waals surface area contributed by atoms with Crippen molar-refractivity contribution in [1.29, 1.82) is 0 Å². The van der Waals surface area contributed by atoms with Gasteiger partial charge in [-0.2, -0.15) is 5.10 Å². The number of ether oxygens (including phenoxy) is 3. The number of hydrogen-bond acceptors (Lipinski definition) is 5. The summed E-state index contributed by atoms with van der Waals surface area (Å²) < 4.78 is 18.1. The fraction of sp³-hybridized carbons (Fsp3) is 0.304. The van der Waals surface area contributed by atoms with Crippen LogP contribution in [0.1, 0.15) is 16.7 Å². The average molecular weight is 424 g/mol. The maximum Gasteiger partial charge on any atom is 0.203 e. The van der Waals surface area contributed by atoms with E-state index in [4.69, 9.17) is 14.2 Å². The number of aromatic nitrogens is 2. The third kappa shape index (κ3) is 5.91. The molecular formula is C23H29N5O3.